The SMILES string of the molecule is O=C1CNC(=O)N1CCN(CC1CCCCN1)C1CC1. The van der Waals surface area contributed by atoms with Crippen molar-refractivity contribution in [1.29, 1.82) is 0 Å². The van der Waals surface area contributed by atoms with Gasteiger partial charge in [-0.3, -0.25) is 14.6 Å². The molecule has 2 N–H and O–H groups in total. The number of urea groups is 1. The van der Waals surface area contributed by atoms with Gasteiger partial charge >= 0.3 is 6.03 Å². The monoisotopic (exact) mass is 280 g/mol. The van der Waals surface area contributed by atoms with Gasteiger partial charge in [0.05, 0.1) is 6.54 Å². The Morgan fingerprint density at radius 3 is 2.65 bits per heavy atom. The van der Waals surface area contributed by atoms with Crippen molar-refractivity contribution in [3.8, 4) is 0 Å². The van der Waals surface area contributed by atoms with Gasteiger partial charge in [-0.25, -0.2) is 4.79 Å². The highest BCUT2D eigenvalue weighted by molar-refractivity contribution is 6.01. The molecule has 2 saturated heterocycles. The number of carbonyl (C=O) groups is 2. The van der Waals surface area contributed by atoms with E-state index in [2.05, 4.69) is 15.5 Å². The summed E-state index contributed by atoms with van der Waals surface area (Å²) < 4.78 is 0. The summed E-state index contributed by atoms with van der Waals surface area (Å²) >= 11 is 0. The largest absolute Gasteiger partial charge is 0.329 e. The van der Waals surface area contributed by atoms with Crippen LogP contribution in [0.3, 0.4) is 0 Å². The Morgan fingerprint density at radius 2 is 2.05 bits per heavy atom. The van der Waals surface area contributed by atoms with Crippen molar-refractivity contribution in [1.82, 2.24) is 20.4 Å². The molecule has 0 aromatic heterocycles. The first-order chi connectivity index (χ1) is 9.74. The molecule has 2 aliphatic heterocycles. The lowest BCUT2D eigenvalue weighted by molar-refractivity contribution is -0.125. The summed E-state index contributed by atoms with van der Waals surface area (Å²) in [6.07, 6.45) is 6.34. The maximum absolute atomic E-state index is 11.6. The molecule has 6 nitrogen and oxygen atoms in total. The number of carbonyl (C=O) groups excluding carboxylic acids is 2. The van der Waals surface area contributed by atoms with Crippen molar-refractivity contribution in [2.24, 2.45) is 0 Å². The molecule has 2 heterocycles. The Balaban J connectivity index is 1.49. The van der Waals surface area contributed by atoms with E-state index < -0.39 is 0 Å². The van der Waals surface area contributed by atoms with Gasteiger partial charge in [-0.1, -0.05) is 6.42 Å². The molecule has 3 aliphatic rings. The topological polar surface area (TPSA) is 64.7 Å². The fourth-order valence-corrected chi connectivity index (χ4v) is 3.14. The molecule has 0 spiro atoms. The molecule has 20 heavy (non-hydrogen) atoms. The van der Waals surface area contributed by atoms with Crippen LogP contribution in [0.4, 0.5) is 4.79 Å². The van der Waals surface area contributed by atoms with Gasteiger partial charge in [-0.15, -0.1) is 0 Å². The summed E-state index contributed by atoms with van der Waals surface area (Å²) in [5.41, 5.74) is 0. The van der Waals surface area contributed by atoms with Gasteiger partial charge in [0.15, 0.2) is 0 Å². The van der Waals surface area contributed by atoms with Crippen LogP contribution in [0.15, 0.2) is 0 Å². The zero-order valence-electron chi connectivity index (χ0n) is 11.9. The lowest BCUT2D eigenvalue weighted by Crippen LogP contribution is -2.47. The molecular formula is C14H24N4O2. The van der Waals surface area contributed by atoms with E-state index >= 15 is 0 Å². The molecule has 1 aliphatic carbocycles. The fraction of sp³-hybridized carbons (Fsp3) is 0.857. The summed E-state index contributed by atoms with van der Waals surface area (Å²) in [5.74, 6) is -0.0958. The third kappa shape index (κ3) is 3.30. The molecule has 0 radical (unpaired) electrons. The second-order valence-corrected chi connectivity index (χ2v) is 6.08. The first-order valence-electron chi connectivity index (χ1n) is 7.79. The minimum Gasteiger partial charge on any atom is -0.329 e. The highest BCUT2D eigenvalue weighted by Crippen LogP contribution is 2.27. The highest BCUT2D eigenvalue weighted by atomic mass is 16.2. The van der Waals surface area contributed by atoms with Crippen molar-refractivity contribution < 1.29 is 9.59 Å². The molecule has 0 aromatic carbocycles. The number of hydrogen-bond acceptors (Lipinski definition) is 4. The average Bonchev–Trinajstić information content (AvgIpc) is 3.25. The molecule has 0 bridgehead atoms. The summed E-state index contributed by atoms with van der Waals surface area (Å²) in [5, 5.41) is 6.15. The second-order valence-electron chi connectivity index (χ2n) is 6.08. The summed E-state index contributed by atoms with van der Waals surface area (Å²) in [6, 6.07) is 1.01. The molecule has 112 valence electrons. The normalized spacial score (nSPS) is 27.2. The van der Waals surface area contributed by atoms with Crippen molar-refractivity contribution in [2.45, 2.75) is 44.2 Å². The summed E-state index contributed by atoms with van der Waals surface area (Å²) in [6.45, 7) is 3.66. The zero-order valence-corrected chi connectivity index (χ0v) is 11.9. The first kappa shape index (κ1) is 13.8. The van der Waals surface area contributed by atoms with E-state index in [9.17, 15) is 9.59 Å². The van der Waals surface area contributed by atoms with Crippen molar-refractivity contribution in [3.63, 3.8) is 0 Å². The number of piperidine rings is 1. The van der Waals surface area contributed by atoms with Gasteiger partial charge in [0.2, 0.25) is 5.91 Å². The van der Waals surface area contributed by atoms with E-state index in [1.807, 2.05) is 0 Å². The second kappa shape index (κ2) is 6.10. The minimum absolute atomic E-state index is 0.0958. The van der Waals surface area contributed by atoms with E-state index in [4.69, 9.17) is 0 Å². The number of amides is 3. The van der Waals surface area contributed by atoms with Crippen LogP contribution in [0, 0.1) is 0 Å². The van der Waals surface area contributed by atoms with Gasteiger partial charge in [0.1, 0.15) is 0 Å². The van der Waals surface area contributed by atoms with Crippen molar-refractivity contribution in [3.05, 3.63) is 0 Å². The van der Waals surface area contributed by atoms with Gasteiger partial charge in [-0.05, 0) is 32.2 Å². The molecular weight excluding hydrogens is 256 g/mol. The lowest BCUT2D eigenvalue weighted by atomic mass is 10.0. The van der Waals surface area contributed by atoms with Crippen LogP contribution in [0.1, 0.15) is 32.1 Å². The number of hydrogen-bond donors (Lipinski definition) is 2. The maximum atomic E-state index is 11.6. The van der Waals surface area contributed by atoms with Gasteiger partial charge in [0, 0.05) is 31.7 Å². The molecule has 1 atom stereocenters. The Hall–Kier alpha value is -1.14. The first-order valence-corrected chi connectivity index (χ1v) is 7.79. The number of nitrogens with one attached hydrogen (secondary N) is 2. The average molecular weight is 280 g/mol. The summed E-state index contributed by atoms with van der Waals surface area (Å²) in [4.78, 5) is 26.9. The zero-order chi connectivity index (χ0) is 13.9. The maximum Gasteiger partial charge on any atom is 0.324 e. The fourth-order valence-electron chi connectivity index (χ4n) is 3.14. The van der Waals surface area contributed by atoms with Gasteiger partial charge < -0.3 is 10.6 Å². The van der Waals surface area contributed by atoms with Crippen molar-refractivity contribution in [2.75, 3.05) is 32.7 Å². The number of imide groups is 1. The molecule has 3 fully saturated rings. The molecule has 1 unspecified atom stereocenters. The Morgan fingerprint density at radius 1 is 1.20 bits per heavy atom. The smallest absolute Gasteiger partial charge is 0.324 e. The van der Waals surface area contributed by atoms with Crippen LogP contribution >= 0.6 is 0 Å². The summed E-state index contributed by atoms with van der Waals surface area (Å²) in [7, 11) is 0. The van der Waals surface area contributed by atoms with Crippen LogP contribution in [0.2, 0.25) is 0 Å². The van der Waals surface area contributed by atoms with E-state index in [0.29, 0.717) is 18.6 Å². The Labute approximate surface area is 119 Å². The molecule has 1 saturated carbocycles. The molecule has 6 heteroatoms. The molecule has 3 amide bonds. The predicted molar refractivity (Wildman–Crippen MR) is 75.3 cm³/mol. The van der Waals surface area contributed by atoms with E-state index in [0.717, 1.165) is 19.6 Å². The minimum atomic E-state index is -0.235. The van der Waals surface area contributed by atoms with Crippen LogP contribution in [0.5, 0.6) is 0 Å². The molecule has 0 aromatic rings. The van der Waals surface area contributed by atoms with E-state index in [1.165, 1.54) is 37.0 Å². The third-order valence-electron chi connectivity index (χ3n) is 4.48. The van der Waals surface area contributed by atoms with Gasteiger partial charge in [-0.2, -0.15) is 0 Å². The highest BCUT2D eigenvalue weighted by Gasteiger charge is 2.33. The quantitative estimate of drug-likeness (QED) is 0.680. The lowest BCUT2D eigenvalue weighted by Gasteiger charge is -2.31. The van der Waals surface area contributed by atoms with Crippen LogP contribution in [0.25, 0.3) is 0 Å². The van der Waals surface area contributed by atoms with E-state index in [-0.39, 0.29) is 18.5 Å². The van der Waals surface area contributed by atoms with Crippen LogP contribution in [-0.2, 0) is 4.79 Å². The molecule has 3 rings (SSSR count). The van der Waals surface area contributed by atoms with Crippen LogP contribution < -0.4 is 10.6 Å². The predicted octanol–water partition coefficient (Wildman–Crippen LogP) is 0.145. The third-order valence-corrected chi connectivity index (χ3v) is 4.48. The van der Waals surface area contributed by atoms with Crippen molar-refractivity contribution >= 4 is 11.9 Å². The standard InChI is InChI=1S/C14H24N4O2/c19-13-9-16-14(20)18(13)8-7-17(12-4-5-12)10-11-3-1-2-6-15-11/h11-12,15H,1-10H2,(H,16,20). The Bertz CT molecular complexity index is 361. The number of rotatable bonds is 6. The van der Waals surface area contributed by atoms with Gasteiger partial charge in [0.25, 0.3) is 0 Å². The Kier molecular flexibility index (Phi) is 4.21. The number of nitrogens with zero attached hydrogens (tertiary/aromatic N) is 2. The van der Waals surface area contributed by atoms with Crippen LogP contribution in [-0.4, -0.2) is 66.5 Å². The van der Waals surface area contributed by atoms with E-state index in [1.54, 1.807) is 0 Å².